The lowest BCUT2D eigenvalue weighted by molar-refractivity contribution is 0.340. The maximum Gasteiger partial charge on any atom is 0.173 e. The Bertz CT molecular complexity index is 808. The first-order valence-electron chi connectivity index (χ1n) is 7.93. The molecule has 2 aromatic carbocycles. The highest BCUT2D eigenvalue weighted by atomic mass is 16.5. The van der Waals surface area contributed by atoms with Crippen molar-refractivity contribution >= 4 is 28.7 Å². The van der Waals surface area contributed by atoms with E-state index in [-0.39, 0.29) is 0 Å². The number of para-hydroxylation sites is 1. The van der Waals surface area contributed by atoms with Gasteiger partial charge in [0.1, 0.15) is 17.8 Å². The van der Waals surface area contributed by atoms with Crippen LogP contribution in [0.25, 0.3) is 0 Å². The van der Waals surface area contributed by atoms with Crippen molar-refractivity contribution in [1.29, 1.82) is 0 Å². The van der Waals surface area contributed by atoms with Gasteiger partial charge in [-0.2, -0.15) is 0 Å². The first-order chi connectivity index (χ1) is 12.3. The number of benzene rings is 2. The molecular weight excluding hydrogens is 316 g/mol. The highest BCUT2D eigenvalue weighted by Gasteiger charge is 2.08. The van der Waals surface area contributed by atoms with Crippen molar-refractivity contribution in [2.24, 2.45) is 0 Å². The van der Waals surface area contributed by atoms with Crippen molar-refractivity contribution in [2.45, 2.75) is 6.92 Å². The van der Waals surface area contributed by atoms with Crippen LogP contribution >= 0.6 is 0 Å². The van der Waals surface area contributed by atoms with Crippen molar-refractivity contribution in [3.63, 3.8) is 0 Å². The Morgan fingerprint density at radius 2 is 1.60 bits per heavy atom. The number of ether oxygens (including phenoxy) is 1. The minimum absolute atomic E-state index is 0.416. The molecule has 0 radical (unpaired) electrons. The molecule has 1 heterocycles. The Kier molecular flexibility index (Phi) is 5.16. The second-order valence-corrected chi connectivity index (χ2v) is 5.18. The third kappa shape index (κ3) is 4.29. The fourth-order valence-corrected chi connectivity index (χ4v) is 2.19. The van der Waals surface area contributed by atoms with E-state index in [1.807, 2.05) is 61.5 Å². The van der Waals surface area contributed by atoms with Crippen LogP contribution in [0.5, 0.6) is 5.75 Å². The standard InChI is InChI=1S/C18H20N6O/c1-2-25-15-10-8-13(9-11-15)22-17-16(19)18(21-12-20-17)24-23-14-6-4-3-5-7-14/h3-12,23H,2,19H2,1H3,(H2,20,21,22,24). The molecule has 0 bridgehead atoms. The fourth-order valence-electron chi connectivity index (χ4n) is 2.19. The maximum absolute atomic E-state index is 6.16. The normalized spacial score (nSPS) is 10.1. The summed E-state index contributed by atoms with van der Waals surface area (Å²) in [5, 5.41) is 3.18. The van der Waals surface area contributed by atoms with Gasteiger partial charge < -0.3 is 15.8 Å². The molecule has 0 fully saturated rings. The Morgan fingerprint density at radius 3 is 2.32 bits per heavy atom. The second-order valence-electron chi connectivity index (χ2n) is 5.18. The summed E-state index contributed by atoms with van der Waals surface area (Å²) in [5.41, 5.74) is 14.4. The first kappa shape index (κ1) is 16.4. The average molecular weight is 336 g/mol. The van der Waals surface area contributed by atoms with Crippen LogP contribution in [0.4, 0.5) is 28.7 Å². The number of hydrazine groups is 1. The third-order valence-electron chi connectivity index (χ3n) is 3.41. The zero-order chi connectivity index (χ0) is 17.5. The molecule has 0 amide bonds. The summed E-state index contributed by atoms with van der Waals surface area (Å²) in [6.45, 7) is 2.58. The van der Waals surface area contributed by atoms with Crippen molar-refractivity contribution in [2.75, 3.05) is 28.5 Å². The van der Waals surface area contributed by atoms with Crippen LogP contribution in [0.15, 0.2) is 60.9 Å². The van der Waals surface area contributed by atoms with E-state index in [1.54, 1.807) is 0 Å². The number of nitrogens with two attached hydrogens (primary N) is 1. The predicted octanol–water partition coefficient (Wildman–Crippen LogP) is 3.64. The van der Waals surface area contributed by atoms with E-state index >= 15 is 0 Å². The summed E-state index contributed by atoms with van der Waals surface area (Å²) in [5.74, 6) is 1.84. The number of anilines is 5. The lowest BCUT2D eigenvalue weighted by Crippen LogP contribution is -2.13. The molecule has 0 aliphatic heterocycles. The molecule has 0 saturated carbocycles. The highest BCUT2D eigenvalue weighted by molar-refractivity contribution is 5.78. The minimum atomic E-state index is 0.416. The number of hydrogen-bond acceptors (Lipinski definition) is 7. The van der Waals surface area contributed by atoms with Crippen LogP contribution < -0.4 is 26.6 Å². The number of hydrogen-bond donors (Lipinski definition) is 4. The van der Waals surface area contributed by atoms with E-state index in [9.17, 15) is 0 Å². The van der Waals surface area contributed by atoms with E-state index < -0.39 is 0 Å². The number of nitrogens with zero attached hydrogens (tertiary/aromatic N) is 2. The van der Waals surface area contributed by atoms with Gasteiger partial charge >= 0.3 is 0 Å². The lowest BCUT2D eigenvalue weighted by Gasteiger charge is -2.14. The van der Waals surface area contributed by atoms with E-state index in [4.69, 9.17) is 10.5 Å². The topological polar surface area (TPSA) is 97.1 Å². The summed E-state index contributed by atoms with van der Waals surface area (Å²) in [7, 11) is 0. The number of rotatable bonds is 7. The molecule has 0 aliphatic rings. The number of nitrogen functional groups attached to an aromatic ring is 1. The van der Waals surface area contributed by atoms with Crippen molar-refractivity contribution < 1.29 is 4.74 Å². The highest BCUT2D eigenvalue weighted by Crippen LogP contribution is 2.26. The molecule has 0 aliphatic carbocycles. The molecule has 7 nitrogen and oxygen atoms in total. The van der Waals surface area contributed by atoms with Gasteiger partial charge in [-0.1, -0.05) is 18.2 Å². The molecule has 7 heteroatoms. The van der Waals surface area contributed by atoms with Crippen LogP contribution in [0, 0.1) is 0 Å². The van der Waals surface area contributed by atoms with Crippen LogP contribution in [-0.2, 0) is 0 Å². The van der Waals surface area contributed by atoms with Crippen molar-refractivity contribution in [3.8, 4) is 5.75 Å². The largest absolute Gasteiger partial charge is 0.494 e. The van der Waals surface area contributed by atoms with Crippen molar-refractivity contribution in [1.82, 2.24) is 9.97 Å². The summed E-state index contributed by atoms with van der Waals surface area (Å²) in [6.07, 6.45) is 1.45. The first-order valence-corrected chi connectivity index (χ1v) is 7.93. The SMILES string of the molecule is CCOc1ccc(Nc2ncnc(NNc3ccccc3)c2N)cc1. The van der Waals surface area contributed by atoms with Crippen LogP contribution in [0.3, 0.4) is 0 Å². The molecule has 0 spiro atoms. The van der Waals surface area contributed by atoms with Gasteiger partial charge in [0, 0.05) is 5.69 Å². The number of nitrogens with one attached hydrogen (secondary N) is 3. The van der Waals surface area contributed by atoms with Gasteiger partial charge in [-0.05, 0) is 43.3 Å². The van der Waals surface area contributed by atoms with E-state index in [1.165, 1.54) is 6.33 Å². The van der Waals surface area contributed by atoms with Gasteiger partial charge in [0.05, 0.1) is 12.3 Å². The van der Waals surface area contributed by atoms with Crippen LogP contribution in [0.2, 0.25) is 0 Å². The van der Waals surface area contributed by atoms with Gasteiger partial charge in [0.15, 0.2) is 11.6 Å². The average Bonchev–Trinajstić information content (AvgIpc) is 2.65. The monoisotopic (exact) mass is 336 g/mol. The molecule has 1 aromatic heterocycles. The third-order valence-corrected chi connectivity index (χ3v) is 3.41. The van der Waals surface area contributed by atoms with Gasteiger partial charge in [0.2, 0.25) is 0 Å². The zero-order valence-corrected chi connectivity index (χ0v) is 13.9. The second kappa shape index (κ2) is 7.87. The van der Waals surface area contributed by atoms with Gasteiger partial charge in [-0.25, -0.2) is 9.97 Å². The molecule has 0 unspecified atom stereocenters. The molecule has 3 aromatic rings. The summed E-state index contributed by atoms with van der Waals surface area (Å²) in [4.78, 5) is 8.37. The molecule has 3 rings (SSSR count). The minimum Gasteiger partial charge on any atom is -0.494 e. The van der Waals surface area contributed by atoms with E-state index in [2.05, 4.69) is 26.1 Å². The summed E-state index contributed by atoms with van der Waals surface area (Å²) < 4.78 is 5.43. The fraction of sp³-hybridized carbons (Fsp3) is 0.111. The summed E-state index contributed by atoms with van der Waals surface area (Å²) in [6, 6.07) is 17.3. The molecule has 5 N–H and O–H groups in total. The maximum atomic E-state index is 6.16. The summed E-state index contributed by atoms with van der Waals surface area (Å²) >= 11 is 0. The predicted molar refractivity (Wildman–Crippen MR) is 101 cm³/mol. The van der Waals surface area contributed by atoms with E-state index in [0.29, 0.717) is 23.9 Å². The molecule has 128 valence electrons. The van der Waals surface area contributed by atoms with Gasteiger partial charge in [-0.3, -0.25) is 10.9 Å². The molecule has 0 atom stereocenters. The van der Waals surface area contributed by atoms with Crippen LogP contribution in [-0.4, -0.2) is 16.6 Å². The Balaban J connectivity index is 1.70. The van der Waals surface area contributed by atoms with E-state index in [0.717, 1.165) is 17.1 Å². The van der Waals surface area contributed by atoms with Crippen molar-refractivity contribution in [3.05, 3.63) is 60.9 Å². The smallest absolute Gasteiger partial charge is 0.173 e. The molecular formula is C18H20N6O. The lowest BCUT2D eigenvalue weighted by atomic mass is 10.3. The Labute approximate surface area is 146 Å². The zero-order valence-electron chi connectivity index (χ0n) is 13.9. The molecule has 0 saturated heterocycles. The number of aromatic nitrogens is 2. The van der Waals surface area contributed by atoms with Gasteiger partial charge in [-0.15, -0.1) is 0 Å². The Morgan fingerprint density at radius 1 is 0.880 bits per heavy atom. The Hall–Kier alpha value is -3.48. The van der Waals surface area contributed by atoms with Crippen LogP contribution in [0.1, 0.15) is 6.92 Å². The quantitative estimate of drug-likeness (QED) is 0.489. The molecule has 25 heavy (non-hydrogen) atoms. The van der Waals surface area contributed by atoms with Gasteiger partial charge in [0.25, 0.3) is 0 Å².